The van der Waals surface area contributed by atoms with Crippen molar-refractivity contribution in [3.63, 3.8) is 0 Å². The molecule has 3 nitrogen and oxygen atoms in total. The van der Waals surface area contributed by atoms with Gasteiger partial charge in [-0.1, -0.05) is 25.2 Å². The predicted octanol–water partition coefficient (Wildman–Crippen LogP) is 2.27. The summed E-state index contributed by atoms with van der Waals surface area (Å²) in [6.07, 6.45) is 0.794. The number of thiocarbonyl (C=S) groups is 1. The van der Waals surface area contributed by atoms with Crippen LogP contribution >= 0.6 is 12.2 Å². The first-order chi connectivity index (χ1) is 8.45. The monoisotopic (exact) mass is 268 g/mol. The molecular weight excluding hydrogens is 251 g/mol. The van der Waals surface area contributed by atoms with E-state index in [-0.39, 0.29) is 23.3 Å². The van der Waals surface area contributed by atoms with Gasteiger partial charge in [0.25, 0.3) is 5.91 Å². The Kier molecular flexibility index (Phi) is 5.22. The van der Waals surface area contributed by atoms with Crippen molar-refractivity contribution in [3.05, 3.63) is 35.1 Å². The summed E-state index contributed by atoms with van der Waals surface area (Å²) < 4.78 is 13.4. The van der Waals surface area contributed by atoms with Crippen molar-refractivity contribution in [1.82, 2.24) is 4.90 Å². The summed E-state index contributed by atoms with van der Waals surface area (Å²) in [5.41, 5.74) is 6.30. The Morgan fingerprint density at radius 3 is 2.67 bits per heavy atom. The van der Waals surface area contributed by atoms with Crippen LogP contribution in [0.25, 0.3) is 0 Å². The van der Waals surface area contributed by atoms with E-state index in [0.29, 0.717) is 17.7 Å². The van der Waals surface area contributed by atoms with Gasteiger partial charge in [-0.25, -0.2) is 4.39 Å². The van der Waals surface area contributed by atoms with E-state index >= 15 is 0 Å². The van der Waals surface area contributed by atoms with E-state index in [4.69, 9.17) is 18.0 Å². The van der Waals surface area contributed by atoms with E-state index in [2.05, 4.69) is 0 Å². The second-order valence-electron chi connectivity index (χ2n) is 4.16. The third-order valence-electron chi connectivity index (χ3n) is 2.55. The number of amides is 1. The Morgan fingerprint density at radius 1 is 1.50 bits per heavy atom. The van der Waals surface area contributed by atoms with Crippen molar-refractivity contribution < 1.29 is 9.18 Å². The zero-order chi connectivity index (χ0) is 13.7. The highest BCUT2D eigenvalue weighted by atomic mass is 32.1. The number of hydrogen-bond donors (Lipinski definition) is 1. The predicted molar refractivity (Wildman–Crippen MR) is 74.1 cm³/mol. The van der Waals surface area contributed by atoms with E-state index < -0.39 is 0 Å². The Labute approximate surface area is 112 Å². The highest BCUT2D eigenvalue weighted by Crippen LogP contribution is 2.12. The molecule has 5 heteroatoms. The normalized spacial score (nSPS) is 10.2. The van der Waals surface area contributed by atoms with Gasteiger partial charge in [-0.2, -0.15) is 0 Å². The number of hydrogen-bond acceptors (Lipinski definition) is 2. The molecule has 0 fully saturated rings. The number of aryl methyl sites for hydroxylation is 1. The van der Waals surface area contributed by atoms with E-state index in [1.807, 2.05) is 6.92 Å². The first kappa shape index (κ1) is 14.6. The van der Waals surface area contributed by atoms with Crippen LogP contribution in [-0.4, -0.2) is 28.9 Å². The minimum Gasteiger partial charge on any atom is -0.392 e. The molecule has 98 valence electrons. The fourth-order valence-electron chi connectivity index (χ4n) is 1.62. The maximum Gasteiger partial charge on any atom is 0.254 e. The standard InChI is InChI=1S/C13H17FN2OS/c1-3-6-16(8-12(15)18)13(17)10-5-4-9(2)11(14)7-10/h4-5,7H,3,6,8H2,1-2H3,(H2,15,18). The van der Waals surface area contributed by atoms with Gasteiger partial charge in [-0.05, 0) is 31.0 Å². The maximum absolute atomic E-state index is 13.4. The molecule has 1 aromatic carbocycles. The summed E-state index contributed by atoms with van der Waals surface area (Å²) in [6, 6.07) is 4.45. The number of rotatable bonds is 5. The molecule has 1 aromatic rings. The van der Waals surface area contributed by atoms with Crippen LogP contribution in [-0.2, 0) is 0 Å². The SMILES string of the molecule is CCCN(CC(N)=S)C(=O)c1ccc(C)c(F)c1. The number of halogens is 1. The number of benzene rings is 1. The fourth-order valence-corrected chi connectivity index (χ4v) is 1.77. The second-order valence-corrected chi connectivity index (χ2v) is 4.68. The molecule has 0 saturated heterocycles. The van der Waals surface area contributed by atoms with Gasteiger partial charge in [0.15, 0.2) is 0 Å². The lowest BCUT2D eigenvalue weighted by Crippen LogP contribution is -2.38. The van der Waals surface area contributed by atoms with Crippen LogP contribution in [0.3, 0.4) is 0 Å². The number of carbonyl (C=O) groups excluding carboxylic acids is 1. The summed E-state index contributed by atoms with van der Waals surface area (Å²) in [5.74, 6) is -0.629. The van der Waals surface area contributed by atoms with Crippen LogP contribution < -0.4 is 5.73 Å². The van der Waals surface area contributed by atoms with Crippen molar-refractivity contribution in [2.75, 3.05) is 13.1 Å². The Morgan fingerprint density at radius 2 is 2.17 bits per heavy atom. The molecule has 0 saturated carbocycles. The summed E-state index contributed by atoms with van der Waals surface area (Å²) in [5, 5.41) is 0. The second kappa shape index (κ2) is 6.44. The molecule has 0 aromatic heterocycles. The largest absolute Gasteiger partial charge is 0.392 e. The van der Waals surface area contributed by atoms with Crippen molar-refractivity contribution in [2.45, 2.75) is 20.3 Å². The molecule has 1 amide bonds. The quantitative estimate of drug-likeness (QED) is 0.833. The molecular formula is C13H17FN2OS. The maximum atomic E-state index is 13.4. The highest BCUT2D eigenvalue weighted by molar-refractivity contribution is 7.80. The summed E-state index contributed by atoms with van der Waals surface area (Å²) >= 11 is 4.81. The average molecular weight is 268 g/mol. The van der Waals surface area contributed by atoms with Crippen LogP contribution in [0, 0.1) is 12.7 Å². The van der Waals surface area contributed by atoms with Crippen LogP contribution in [0.15, 0.2) is 18.2 Å². The third kappa shape index (κ3) is 3.77. The van der Waals surface area contributed by atoms with Gasteiger partial charge in [0, 0.05) is 12.1 Å². The zero-order valence-corrected chi connectivity index (χ0v) is 11.4. The van der Waals surface area contributed by atoms with Gasteiger partial charge in [0.2, 0.25) is 0 Å². The Hall–Kier alpha value is -1.49. The van der Waals surface area contributed by atoms with Crippen molar-refractivity contribution in [2.24, 2.45) is 5.73 Å². The van der Waals surface area contributed by atoms with Gasteiger partial charge in [0.1, 0.15) is 5.82 Å². The van der Waals surface area contributed by atoms with Gasteiger partial charge in [0.05, 0.1) is 11.5 Å². The summed E-state index contributed by atoms with van der Waals surface area (Å²) in [6.45, 7) is 4.38. The van der Waals surface area contributed by atoms with Crippen molar-refractivity contribution in [1.29, 1.82) is 0 Å². The van der Waals surface area contributed by atoms with E-state index in [1.54, 1.807) is 19.1 Å². The molecule has 0 unspecified atom stereocenters. The lowest BCUT2D eigenvalue weighted by atomic mass is 10.1. The van der Waals surface area contributed by atoms with Gasteiger partial charge < -0.3 is 10.6 Å². The number of nitrogens with two attached hydrogens (primary N) is 1. The molecule has 0 atom stereocenters. The van der Waals surface area contributed by atoms with E-state index in [1.165, 1.54) is 11.0 Å². The molecule has 0 radical (unpaired) electrons. The topological polar surface area (TPSA) is 46.3 Å². The molecule has 1 rings (SSSR count). The van der Waals surface area contributed by atoms with Crippen LogP contribution in [0.4, 0.5) is 4.39 Å². The van der Waals surface area contributed by atoms with Crippen molar-refractivity contribution in [3.8, 4) is 0 Å². The molecule has 0 aliphatic rings. The van der Waals surface area contributed by atoms with Crippen LogP contribution in [0.2, 0.25) is 0 Å². The molecule has 18 heavy (non-hydrogen) atoms. The molecule has 2 N–H and O–H groups in total. The summed E-state index contributed by atoms with van der Waals surface area (Å²) in [4.78, 5) is 14.0. The van der Waals surface area contributed by atoms with Crippen LogP contribution in [0.5, 0.6) is 0 Å². The first-order valence-corrected chi connectivity index (χ1v) is 6.20. The van der Waals surface area contributed by atoms with E-state index in [0.717, 1.165) is 6.42 Å². The highest BCUT2D eigenvalue weighted by Gasteiger charge is 2.16. The molecule has 0 aliphatic carbocycles. The lowest BCUT2D eigenvalue weighted by molar-refractivity contribution is 0.0779. The number of carbonyl (C=O) groups is 1. The third-order valence-corrected chi connectivity index (χ3v) is 2.68. The van der Waals surface area contributed by atoms with E-state index in [9.17, 15) is 9.18 Å². The molecule has 0 heterocycles. The lowest BCUT2D eigenvalue weighted by Gasteiger charge is -2.21. The minimum absolute atomic E-state index is 0.220. The van der Waals surface area contributed by atoms with Gasteiger partial charge in [-0.3, -0.25) is 4.79 Å². The smallest absolute Gasteiger partial charge is 0.254 e. The first-order valence-electron chi connectivity index (χ1n) is 5.79. The average Bonchev–Trinajstić information content (AvgIpc) is 2.31. The zero-order valence-electron chi connectivity index (χ0n) is 10.6. The number of nitrogens with zero attached hydrogens (tertiary/aromatic N) is 1. The molecule has 0 aliphatic heterocycles. The van der Waals surface area contributed by atoms with Crippen molar-refractivity contribution >= 4 is 23.1 Å². The fraction of sp³-hybridized carbons (Fsp3) is 0.385. The Bertz CT molecular complexity index is 462. The van der Waals surface area contributed by atoms with Crippen LogP contribution in [0.1, 0.15) is 29.3 Å². The van der Waals surface area contributed by atoms with Gasteiger partial charge in [-0.15, -0.1) is 0 Å². The molecule has 0 spiro atoms. The van der Waals surface area contributed by atoms with Gasteiger partial charge >= 0.3 is 0 Å². The summed E-state index contributed by atoms with van der Waals surface area (Å²) in [7, 11) is 0. The minimum atomic E-state index is -0.382. The Balaban J connectivity index is 2.93. The molecule has 0 bridgehead atoms.